The van der Waals surface area contributed by atoms with Crippen LogP contribution < -0.4 is 5.32 Å². The predicted octanol–water partition coefficient (Wildman–Crippen LogP) is 2.45. The lowest BCUT2D eigenvalue weighted by atomic mass is 10.1. The summed E-state index contributed by atoms with van der Waals surface area (Å²) < 4.78 is 21.2. The number of nitrogens with one attached hydrogen (secondary N) is 1. The van der Waals surface area contributed by atoms with E-state index in [9.17, 15) is 9.00 Å². The van der Waals surface area contributed by atoms with E-state index < -0.39 is 17.2 Å². The number of carbonyl (C=O) groups is 1. The second kappa shape index (κ2) is 6.49. The topological polar surface area (TPSA) is 64.6 Å². The molecule has 1 aliphatic heterocycles. The summed E-state index contributed by atoms with van der Waals surface area (Å²) in [6, 6.07) is 9.06. The van der Waals surface area contributed by atoms with Crippen molar-refractivity contribution in [2.45, 2.75) is 6.42 Å². The molecule has 1 fully saturated rings. The maximum Gasteiger partial charge on any atom is 0.411 e. The number of ether oxygens (including phenoxy) is 1. The van der Waals surface area contributed by atoms with E-state index in [-0.39, 0.29) is 12.5 Å². The van der Waals surface area contributed by atoms with Crippen molar-refractivity contribution in [3.05, 3.63) is 41.8 Å². The van der Waals surface area contributed by atoms with Gasteiger partial charge in [0.25, 0.3) is 0 Å². The molecule has 102 valence electrons. The Morgan fingerprint density at radius 1 is 1.47 bits per heavy atom. The van der Waals surface area contributed by atoms with Gasteiger partial charge in [0, 0.05) is 16.5 Å². The first-order valence-electron chi connectivity index (χ1n) is 5.89. The van der Waals surface area contributed by atoms with Crippen LogP contribution in [0.25, 0.3) is 0 Å². The highest BCUT2D eigenvalue weighted by molar-refractivity contribution is 7.84. The zero-order valence-electron chi connectivity index (χ0n) is 10.3. The lowest BCUT2D eigenvalue weighted by Gasteiger charge is -2.09. The van der Waals surface area contributed by atoms with E-state index in [2.05, 4.69) is 11.9 Å². The molecule has 19 heavy (non-hydrogen) atoms. The van der Waals surface area contributed by atoms with Crippen LogP contribution in [0.4, 0.5) is 10.5 Å². The van der Waals surface area contributed by atoms with E-state index in [1.54, 1.807) is 12.1 Å². The predicted molar refractivity (Wildman–Crippen MR) is 72.8 cm³/mol. The Bertz CT molecular complexity index is 489. The van der Waals surface area contributed by atoms with Crippen LogP contribution >= 0.6 is 0 Å². The van der Waals surface area contributed by atoms with Gasteiger partial charge >= 0.3 is 6.09 Å². The molecular formula is C13H15NO4S. The molecule has 0 spiro atoms. The molecule has 1 amide bonds. The van der Waals surface area contributed by atoms with Crippen LogP contribution in [0.2, 0.25) is 0 Å². The van der Waals surface area contributed by atoms with Gasteiger partial charge in [-0.25, -0.2) is 9.00 Å². The number of anilines is 1. The molecule has 1 unspecified atom stereocenters. The zero-order chi connectivity index (χ0) is 13.7. The molecule has 0 radical (unpaired) electrons. The van der Waals surface area contributed by atoms with Crippen molar-refractivity contribution in [2.24, 2.45) is 5.92 Å². The maximum absolute atomic E-state index is 11.5. The Morgan fingerprint density at radius 2 is 2.21 bits per heavy atom. The monoisotopic (exact) mass is 281 g/mol. The molecule has 1 heterocycles. The SMILES string of the molecule is C=C1[C@H](CCOC(=O)Nc2ccccc2)COS1=O. The van der Waals surface area contributed by atoms with Gasteiger partial charge in [0.05, 0.1) is 13.2 Å². The highest BCUT2D eigenvalue weighted by Crippen LogP contribution is 2.25. The first kappa shape index (κ1) is 13.8. The fourth-order valence-corrected chi connectivity index (χ4v) is 2.56. The summed E-state index contributed by atoms with van der Waals surface area (Å²) in [5.74, 6) is -0.00893. The van der Waals surface area contributed by atoms with Crippen LogP contribution in [-0.4, -0.2) is 23.5 Å². The quantitative estimate of drug-likeness (QED) is 0.920. The van der Waals surface area contributed by atoms with Gasteiger partial charge in [0.15, 0.2) is 11.1 Å². The minimum absolute atomic E-state index is 0.00893. The molecule has 0 aromatic heterocycles. The third-order valence-electron chi connectivity index (χ3n) is 2.77. The Hall–Kier alpha value is -1.66. The normalized spacial score (nSPS) is 22.2. The largest absolute Gasteiger partial charge is 0.449 e. The molecule has 1 aromatic carbocycles. The van der Waals surface area contributed by atoms with Crippen LogP contribution in [0.3, 0.4) is 0 Å². The molecule has 0 aliphatic carbocycles. The Balaban J connectivity index is 1.70. The van der Waals surface area contributed by atoms with Gasteiger partial charge in [-0.3, -0.25) is 9.50 Å². The van der Waals surface area contributed by atoms with E-state index in [0.29, 0.717) is 23.6 Å². The summed E-state index contributed by atoms with van der Waals surface area (Å²) in [6.07, 6.45) is 0.0594. The molecule has 5 nitrogen and oxygen atoms in total. The molecule has 1 aliphatic rings. The Morgan fingerprint density at radius 3 is 2.84 bits per heavy atom. The summed E-state index contributed by atoms with van der Waals surface area (Å²) in [6.45, 7) is 4.31. The Labute approximate surface area is 114 Å². The van der Waals surface area contributed by atoms with Crippen molar-refractivity contribution in [3.8, 4) is 0 Å². The van der Waals surface area contributed by atoms with E-state index in [0.717, 1.165) is 0 Å². The number of amides is 1. The van der Waals surface area contributed by atoms with Crippen molar-refractivity contribution in [3.63, 3.8) is 0 Å². The van der Waals surface area contributed by atoms with Crippen LogP contribution in [0.15, 0.2) is 41.8 Å². The van der Waals surface area contributed by atoms with Gasteiger partial charge in [-0.2, -0.15) is 0 Å². The van der Waals surface area contributed by atoms with Gasteiger partial charge in [0.1, 0.15) is 0 Å². The minimum atomic E-state index is -1.39. The van der Waals surface area contributed by atoms with E-state index in [1.807, 2.05) is 18.2 Å². The summed E-state index contributed by atoms with van der Waals surface area (Å²) in [5.41, 5.74) is 0.683. The number of benzene rings is 1. The minimum Gasteiger partial charge on any atom is -0.449 e. The van der Waals surface area contributed by atoms with E-state index >= 15 is 0 Å². The number of carbonyl (C=O) groups excluding carboxylic acids is 1. The lowest BCUT2D eigenvalue weighted by Crippen LogP contribution is -2.16. The van der Waals surface area contributed by atoms with Gasteiger partial charge in [-0.15, -0.1) is 0 Å². The molecular weight excluding hydrogens is 266 g/mol. The molecule has 1 aromatic rings. The van der Waals surface area contributed by atoms with Gasteiger partial charge in [-0.05, 0) is 18.6 Å². The molecule has 1 saturated heterocycles. The summed E-state index contributed by atoms with van der Waals surface area (Å²) in [7, 11) is 0. The van der Waals surface area contributed by atoms with Crippen molar-refractivity contribution < 1.29 is 17.9 Å². The second-order valence-corrected chi connectivity index (χ2v) is 5.33. The molecule has 2 atom stereocenters. The van der Waals surface area contributed by atoms with Crippen molar-refractivity contribution in [1.82, 2.24) is 0 Å². The molecule has 1 N–H and O–H groups in total. The fraction of sp³-hybridized carbons (Fsp3) is 0.308. The molecule has 0 saturated carbocycles. The average molecular weight is 281 g/mol. The molecule has 0 bridgehead atoms. The fourth-order valence-electron chi connectivity index (χ4n) is 1.66. The molecule has 2 rings (SSSR count). The van der Waals surface area contributed by atoms with Crippen molar-refractivity contribution in [1.29, 1.82) is 0 Å². The average Bonchev–Trinajstić information content (AvgIpc) is 2.72. The van der Waals surface area contributed by atoms with Gasteiger partial charge < -0.3 is 4.74 Å². The lowest BCUT2D eigenvalue weighted by molar-refractivity contribution is 0.153. The first-order valence-corrected chi connectivity index (χ1v) is 6.97. The third kappa shape index (κ3) is 3.90. The van der Waals surface area contributed by atoms with Gasteiger partial charge in [-0.1, -0.05) is 24.8 Å². The van der Waals surface area contributed by atoms with Crippen molar-refractivity contribution >= 4 is 22.9 Å². The van der Waals surface area contributed by atoms with Crippen LogP contribution in [0.1, 0.15) is 6.42 Å². The molecule has 6 heteroatoms. The van der Waals surface area contributed by atoms with Gasteiger partial charge in [0.2, 0.25) is 0 Å². The van der Waals surface area contributed by atoms with Crippen LogP contribution in [0.5, 0.6) is 0 Å². The highest BCUT2D eigenvalue weighted by Gasteiger charge is 2.27. The smallest absolute Gasteiger partial charge is 0.411 e. The number of rotatable bonds is 4. The standard InChI is InChI=1S/C13H15NO4S/c1-10-11(9-18-19(10)16)7-8-17-13(15)14-12-5-3-2-4-6-12/h2-6,11H,1,7-9H2,(H,14,15)/t11-,19?/m1/s1. The zero-order valence-corrected chi connectivity index (χ0v) is 11.2. The summed E-state index contributed by atoms with van der Waals surface area (Å²) in [5, 5.41) is 2.61. The maximum atomic E-state index is 11.5. The Kier molecular flexibility index (Phi) is 4.70. The summed E-state index contributed by atoms with van der Waals surface area (Å²) in [4.78, 5) is 12.0. The van der Waals surface area contributed by atoms with E-state index in [1.165, 1.54) is 0 Å². The number of hydrogen-bond donors (Lipinski definition) is 1. The highest BCUT2D eigenvalue weighted by atomic mass is 32.2. The number of para-hydroxylation sites is 1. The van der Waals surface area contributed by atoms with E-state index in [4.69, 9.17) is 8.92 Å². The number of hydrogen-bond acceptors (Lipinski definition) is 4. The third-order valence-corrected chi connectivity index (χ3v) is 3.88. The summed E-state index contributed by atoms with van der Waals surface area (Å²) >= 11 is -1.39. The van der Waals surface area contributed by atoms with Crippen LogP contribution in [-0.2, 0) is 20.0 Å². The van der Waals surface area contributed by atoms with Crippen LogP contribution in [0, 0.1) is 5.92 Å². The second-order valence-electron chi connectivity index (χ2n) is 4.10. The van der Waals surface area contributed by atoms with Crippen molar-refractivity contribution in [2.75, 3.05) is 18.5 Å². The first-order chi connectivity index (χ1) is 9.16.